The molecule has 46 heavy (non-hydrogen) atoms. The van der Waals surface area contributed by atoms with E-state index in [1.165, 1.54) is 97.9 Å². The third-order valence-electron chi connectivity index (χ3n) is 11.5. The lowest BCUT2D eigenvalue weighted by molar-refractivity contribution is 0.311. The van der Waals surface area contributed by atoms with E-state index in [1.807, 2.05) is 0 Å². The first-order chi connectivity index (χ1) is 22.2. The first kappa shape index (κ1) is 32.8. The molecule has 5 heteroatoms. The number of allylic oxidation sites excluding steroid dienone is 3. The van der Waals surface area contributed by atoms with Crippen LogP contribution in [0, 0.1) is 6.92 Å². The van der Waals surface area contributed by atoms with Gasteiger partial charge in [-0.05, 0) is 106 Å². The lowest BCUT2D eigenvalue weighted by atomic mass is 9.70. The minimum absolute atomic E-state index is 0.312. The molecule has 2 saturated carbocycles. The Morgan fingerprint density at radius 1 is 1.04 bits per heavy atom. The predicted molar refractivity (Wildman–Crippen MR) is 200 cm³/mol. The van der Waals surface area contributed by atoms with Gasteiger partial charge in [0.05, 0.1) is 5.02 Å². The molecule has 0 saturated heterocycles. The standard InChI is InChI=1S/C41H55ClN4/c1-8-45-26-41(20-14-11-15-21-41)36-19-18-32(23-38(36)45)34-24-37(46(9-2)33-16-12-10-13-17-33)29(5)39(40(34)42)31(7)43-25-35-27(3)22-28(4)44-30(35)6/h18-19,22-24,33,43-44H,6-17,20-21,25-26H2,1-5H3. The lowest BCUT2D eigenvalue weighted by Gasteiger charge is -2.37. The van der Waals surface area contributed by atoms with Gasteiger partial charge in [-0.2, -0.15) is 0 Å². The number of hydrogen-bond donors (Lipinski definition) is 2. The minimum atomic E-state index is 0.312. The van der Waals surface area contributed by atoms with Crippen LogP contribution >= 0.6 is 11.6 Å². The molecule has 6 rings (SSSR count). The summed E-state index contributed by atoms with van der Waals surface area (Å²) in [5.74, 6) is 0. The van der Waals surface area contributed by atoms with Gasteiger partial charge in [-0.25, -0.2) is 0 Å². The van der Waals surface area contributed by atoms with Crippen molar-refractivity contribution >= 4 is 28.7 Å². The SMILES string of the molecule is C=C1NC(C)=CC(C)=C1CNC(=C)c1c(C)c(N(CC)C2CCCCC2)cc(-c2ccc3c(c2)N(CC)CC32CCCCC2)c1Cl. The fraction of sp³-hybridized carbons (Fsp3) is 0.512. The van der Waals surface area contributed by atoms with Crippen molar-refractivity contribution in [3.63, 3.8) is 0 Å². The Bertz CT molecular complexity index is 1570. The number of benzene rings is 2. The Labute approximate surface area is 283 Å². The first-order valence-electron chi connectivity index (χ1n) is 17.9. The first-order valence-corrected chi connectivity index (χ1v) is 18.3. The Morgan fingerprint density at radius 3 is 2.43 bits per heavy atom. The van der Waals surface area contributed by atoms with Crippen LogP contribution in [0.15, 0.2) is 66.0 Å². The summed E-state index contributed by atoms with van der Waals surface area (Å²) < 4.78 is 0. The second-order valence-corrected chi connectivity index (χ2v) is 14.7. The molecule has 0 radical (unpaired) electrons. The van der Waals surface area contributed by atoms with E-state index >= 15 is 0 Å². The van der Waals surface area contributed by atoms with E-state index in [2.05, 4.69) is 98.6 Å². The van der Waals surface area contributed by atoms with Gasteiger partial charge >= 0.3 is 0 Å². The summed E-state index contributed by atoms with van der Waals surface area (Å²) in [6, 6.07) is 10.2. The molecule has 4 nitrogen and oxygen atoms in total. The molecule has 2 aromatic rings. The van der Waals surface area contributed by atoms with Crippen molar-refractivity contribution in [1.82, 2.24) is 10.6 Å². The van der Waals surface area contributed by atoms with Crippen molar-refractivity contribution in [2.75, 3.05) is 36.0 Å². The maximum Gasteiger partial charge on any atom is 0.0581 e. The maximum atomic E-state index is 7.53. The second kappa shape index (κ2) is 13.6. The Kier molecular flexibility index (Phi) is 9.67. The Balaban J connectivity index is 1.44. The van der Waals surface area contributed by atoms with E-state index in [4.69, 9.17) is 11.6 Å². The van der Waals surface area contributed by atoms with Crippen LogP contribution in [0.5, 0.6) is 0 Å². The van der Waals surface area contributed by atoms with E-state index < -0.39 is 0 Å². The van der Waals surface area contributed by atoms with Gasteiger partial charge in [0, 0.05) is 77.2 Å². The molecule has 2 fully saturated rings. The number of rotatable bonds is 9. The summed E-state index contributed by atoms with van der Waals surface area (Å²) in [5.41, 5.74) is 14.4. The van der Waals surface area contributed by atoms with Crippen LogP contribution in [0.1, 0.15) is 109 Å². The summed E-state index contributed by atoms with van der Waals surface area (Å²) in [5, 5.41) is 7.85. The van der Waals surface area contributed by atoms with E-state index in [0.717, 1.165) is 52.9 Å². The summed E-state index contributed by atoms with van der Waals surface area (Å²) in [7, 11) is 0. The average Bonchev–Trinajstić information content (AvgIpc) is 3.34. The van der Waals surface area contributed by atoms with Gasteiger partial charge in [0.25, 0.3) is 0 Å². The third kappa shape index (κ3) is 6.03. The average molecular weight is 639 g/mol. The van der Waals surface area contributed by atoms with Crippen molar-refractivity contribution in [2.45, 2.75) is 110 Å². The van der Waals surface area contributed by atoms with Crippen LogP contribution < -0.4 is 20.4 Å². The molecule has 246 valence electrons. The molecule has 1 spiro atoms. The van der Waals surface area contributed by atoms with Gasteiger partial charge in [-0.3, -0.25) is 0 Å². The predicted octanol–water partition coefficient (Wildman–Crippen LogP) is 10.4. The van der Waals surface area contributed by atoms with Gasteiger partial charge in [-0.1, -0.05) is 75.4 Å². The maximum absolute atomic E-state index is 7.53. The number of nitrogens with zero attached hydrogens (tertiary/aromatic N) is 2. The zero-order chi connectivity index (χ0) is 32.6. The number of fused-ring (bicyclic) bond motifs is 2. The Hall–Kier alpha value is -3.11. The smallest absolute Gasteiger partial charge is 0.0581 e. The quantitative estimate of drug-likeness (QED) is 0.286. The molecule has 0 bridgehead atoms. The van der Waals surface area contributed by atoms with Gasteiger partial charge < -0.3 is 20.4 Å². The summed E-state index contributed by atoms with van der Waals surface area (Å²) in [4.78, 5) is 5.27. The van der Waals surface area contributed by atoms with Crippen LogP contribution in [0.25, 0.3) is 16.8 Å². The molecule has 0 unspecified atom stereocenters. The normalized spacial score (nSPS) is 19.7. The molecule has 2 aliphatic heterocycles. The number of halogens is 1. The van der Waals surface area contributed by atoms with Crippen LogP contribution in [-0.2, 0) is 5.41 Å². The van der Waals surface area contributed by atoms with E-state index in [-0.39, 0.29) is 0 Å². The summed E-state index contributed by atoms with van der Waals surface area (Å²) >= 11 is 7.53. The molecule has 0 amide bonds. The summed E-state index contributed by atoms with van der Waals surface area (Å²) in [6.07, 6.45) is 15.3. The van der Waals surface area contributed by atoms with E-state index in [1.54, 1.807) is 5.56 Å². The van der Waals surface area contributed by atoms with Crippen molar-refractivity contribution in [3.8, 4) is 11.1 Å². The number of likely N-dealkylation sites (N-methyl/N-ethyl adjacent to an activating group) is 1. The molecule has 4 aliphatic rings. The molecular weight excluding hydrogens is 584 g/mol. The fourth-order valence-corrected chi connectivity index (χ4v) is 9.45. The minimum Gasteiger partial charge on any atom is -0.381 e. The molecule has 2 aromatic carbocycles. The Morgan fingerprint density at radius 2 is 1.76 bits per heavy atom. The monoisotopic (exact) mass is 638 g/mol. The molecule has 0 aromatic heterocycles. The fourth-order valence-electron chi connectivity index (χ4n) is 9.03. The van der Waals surface area contributed by atoms with Crippen molar-refractivity contribution in [2.24, 2.45) is 0 Å². The molecule has 0 atom stereocenters. The van der Waals surface area contributed by atoms with Crippen LogP contribution in [0.2, 0.25) is 5.02 Å². The molecule has 2 heterocycles. The number of hydrogen-bond acceptors (Lipinski definition) is 4. The zero-order valence-corrected chi connectivity index (χ0v) is 29.8. The third-order valence-corrected chi connectivity index (χ3v) is 11.9. The van der Waals surface area contributed by atoms with Gasteiger partial charge in [0.1, 0.15) is 0 Å². The highest BCUT2D eigenvalue weighted by atomic mass is 35.5. The molecule has 2 aliphatic carbocycles. The van der Waals surface area contributed by atoms with E-state index in [9.17, 15) is 0 Å². The van der Waals surface area contributed by atoms with Crippen molar-refractivity contribution in [3.05, 3.63) is 87.8 Å². The summed E-state index contributed by atoms with van der Waals surface area (Å²) in [6.45, 7) is 23.8. The van der Waals surface area contributed by atoms with E-state index in [0.29, 0.717) is 18.0 Å². The van der Waals surface area contributed by atoms with Crippen molar-refractivity contribution in [1.29, 1.82) is 0 Å². The number of anilines is 2. The topological polar surface area (TPSA) is 30.5 Å². The van der Waals surface area contributed by atoms with Crippen LogP contribution in [0.4, 0.5) is 11.4 Å². The van der Waals surface area contributed by atoms with Crippen molar-refractivity contribution < 1.29 is 0 Å². The highest BCUT2D eigenvalue weighted by molar-refractivity contribution is 6.35. The highest BCUT2D eigenvalue weighted by Crippen LogP contribution is 2.51. The zero-order valence-electron chi connectivity index (χ0n) is 29.1. The second-order valence-electron chi connectivity index (χ2n) is 14.3. The van der Waals surface area contributed by atoms with Gasteiger partial charge in [0.2, 0.25) is 0 Å². The van der Waals surface area contributed by atoms with Gasteiger partial charge in [-0.15, -0.1) is 0 Å². The van der Waals surface area contributed by atoms with Crippen LogP contribution in [-0.4, -0.2) is 32.2 Å². The highest BCUT2D eigenvalue weighted by Gasteiger charge is 2.43. The number of nitrogens with one attached hydrogen (secondary N) is 2. The lowest BCUT2D eigenvalue weighted by Crippen LogP contribution is -2.37. The van der Waals surface area contributed by atoms with Crippen LogP contribution in [0.3, 0.4) is 0 Å². The largest absolute Gasteiger partial charge is 0.381 e. The molecular formula is C41H55ClN4. The number of dihydropyridines is 1. The molecule has 2 N–H and O–H groups in total. The van der Waals surface area contributed by atoms with Gasteiger partial charge in [0.15, 0.2) is 0 Å².